The van der Waals surface area contributed by atoms with Crippen LogP contribution in [0.15, 0.2) is 48.8 Å². The smallest absolute Gasteiger partial charge is 0.358 e. The first kappa shape index (κ1) is 23.6. The van der Waals surface area contributed by atoms with Crippen molar-refractivity contribution >= 4 is 28.5 Å². The molecule has 8 nitrogen and oxygen atoms in total. The van der Waals surface area contributed by atoms with Crippen molar-refractivity contribution in [1.82, 2.24) is 24.8 Å². The zero-order valence-corrected chi connectivity index (χ0v) is 19.6. The summed E-state index contributed by atoms with van der Waals surface area (Å²) in [5, 5.41) is 0. The largest absolute Gasteiger partial charge is 0.417 e. The van der Waals surface area contributed by atoms with Crippen LogP contribution in [0, 0.1) is 0 Å². The number of rotatable bonds is 4. The summed E-state index contributed by atoms with van der Waals surface area (Å²) in [4.78, 5) is 43.7. The third-order valence-electron chi connectivity index (χ3n) is 6.39. The molecule has 1 aromatic carbocycles. The van der Waals surface area contributed by atoms with Crippen LogP contribution in [0.1, 0.15) is 35.3 Å². The van der Waals surface area contributed by atoms with Crippen molar-refractivity contribution in [3.05, 3.63) is 65.5 Å². The summed E-state index contributed by atoms with van der Waals surface area (Å²) in [6, 6.07) is 8.13. The van der Waals surface area contributed by atoms with E-state index in [-0.39, 0.29) is 17.5 Å². The number of piperazine rings is 1. The second-order valence-electron chi connectivity index (χ2n) is 8.83. The number of hydrogen-bond donors (Lipinski definition) is 2. The molecule has 36 heavy (non-hydrogen) atoms. The molecule has 11 heteroatoms. The Labute approximate surface area is 204 Å². The summed E-state index contributed by atoms with van der Waals surface area (Å²) in [6.07, 6.45) is -1.62. The molecule has 0 saturated carbocycles. The number of nitrogens with zero attached hydrogens (tertiary/aromatic N) is 4. The van der Waals surface area contributed by atoms with Gasteiger partial charge >= 0.3 is 6.18 Å². The number of pyridine rings is 1. The van der Waals surface area contributed by atoms with Crippen molar-refractivity contribution in [3.63, 3.8) is 0 Å². The standard InChI is InChI=1S/C25H23F3N6O2/c1-14-13-33(7-8-34(14)15(2)35)22-10-19-21(12-30-22)32-24(31-19)20-9-16(11-29-20)23(36)17-5-3-4-6-18(17)25(26,27)28/h3-6,9-12,14,29H,7-8,13H2,1-2H3,(H,31,32)/t14-/m1/s1. The summed E-state index contributed by atoms with van der Waals surface area (Å²) in [6.45, 7) is 5.49. The first-order valence-corrected chi connectivity index (χ1v) is 11.4. The zero-order chi connectivity index (χ0) is 25.6. The molecule has 0 bridgehead atoms. The number of nitrogens with one attached hydrogen (secondary N) is 2. The van der Waals surface area contributed by atoms with Crippen molar-refractivity contribution in [3.8, 4) is 11.5 Å². The van der Waals surface area contributed by atoms with Gasteiger partial charge in [0.1, 0.15) is 11.3 Å². The van der Waals surface area contributed by atoms with Gasteiger partial charge in [-0.1, -0.05) is 18.2 Å². The Hall–Kier alpha value is -4.15. The number of imidazole rings is 1. The van der Waals surface area contributed by atoms with Gasteiger partial charge in [-0.3, -0.25) is 9.59 Å². The molecule has 0 spiro atoms. The maximum atomic E-state index is 13.4. The second-order valence-corrected chi connectivity index (χ2v) is 8.83. The fourth-order valence-electron chi connectivity index (χ4n) is 4.58. The summed E-state index contributed by atoms with van der Waals surface area (Å²) < 4.78 is 40.1. The Morgan fingerprint density at radius 3 is 2.64 bits per heavy atom. The van der Waals surface area contributed by atoms with E-state index in [0.717, 1.165) is 17.4 Å². The highest BCUT2D eigenvalue weighted by Gasteiger charge is 2.35. The van der Waals surface area contributed by atoms with Gasteiger partial charge in [0.15, 0.2) is 11.6 Å². The minimum atomic E-state index is -4.63. The lowest BCUT2D eigenvalue weighted by atomic mass is 9.99. The molecule has 5 rings (SSSR count). The van der Waals surface area contributed by atoms with Gasteiger partial charge < -0.3 is 19.8 Å². The monoisotopic (exact) mass is 496 g/mol. The fraction of sp³-hybridized carbons (Fsp3) is 0.280. The Morgan fingerprint density at radius 2 is 1.92 bits per heavy atom. The van der Waals surface area contributed by atoms with Gasteiger partial charge in [0.2, 0.25) is 5.91 Å². The Bertz CT molecular complexity index is 1460. The van der Waals surface area contributed by atoms with Crippen LogP contribution in [0.4, 0.5) is 19.0 Å². The maximum Gasteiger partial charge on any atom is 0.417 e. The van der Waals surface area contributed by atoms with E-state index in [1.165, 1.54) is 30.5 Å². The topological polar surface area (TPSA) is 98.0 Å². The van der Waals surface area contributed by atoms with E-state index in [9.17, 15) is 22.8 Å². The van der Waals surface area contributed by atoms with E-state index < -0.39 is 23.1 Å². The van der Waals surface area contributed by atoms with Gasteiger partial charge in [0.05, 0.1) is 23.0 Å². The quantitative estimate of drug-likeness (QED) is 0.412. The minimum Gasteiger partial charge on any atom is -0.358 e. The van der Waals surface area contributed by atoms with E-state index in [1.54, 1.807) is 13.1 Å². The maximum absolute atomic E-state index is 13.4. The SMILES string of the molecule is CC(=O)N1CCN(c2cc3[nH]c(-c4cc(C(=O)c5ccccc5C(F)(F)F)c[nH]4)nc3cn2)C[C@H]1C. The molecule has 0 unspecified atom stereocenters. The number of aromatic amines is 2. The molecule has 1 aliphatic heterocycles. The number of halogens is 3. The van der Waals surface area contributed by atoms with Gasteiger partial charge in [-0.25, -0.2) is 9.97 Å². The Morgan fingerprint density at radius 1 is 1.14 bits per heavy atom. The van der Waals surface area contributed by atoms with Gasteiger partial charge in [0.25, 0.3) is 0 Å². The minimum absolute atomic E-state index is 0.0504. The van der Waals surface area contributed by atoms with Gasteiger partial charge in [-0.05, 0) is 19.1 Å². The lowest BCUT2D eigenvalue weighted by Crippen LogP contribution is -2.53. The van der Waals surface area contributed by atoms with Crippen LogP contribution in [-0.4, -0.2) is 62.2 Å². The number of hydrogen-bond acceptors (Lipinski definition) is 5. The molecule has 1 saturated heterocycles. The van der Waals surface area contributed by atoms with Crippen molar-refractivity contribution in [2.75, 3.05) is 24.5 Å². The third-order valence-corrected chi connectivity index (χ3v) is 6.39. The van der Waals surface area contributed by atoms with E-state index in [4.69, 9.17) is 0 Å². The lowest BCUT2D eigenvalue weighted by Gasteiger charge is -2.40. The molecule has 1 atom stereocenters. The van der Waals surface area contributed by atoms with E-state index in [2.05, 4.69) is 24.8 Å². The number of alkyl halides is 3. The molecular formula is C25H23F3N6O2. The van der Waals surface area contributed by atoms with E-state index in [1.807, 2.05) is 17.9 Å². The van der Waals surface area contributed by atoms with E-state index in [0.29, 0.717) is 36.7 Å². The first-order valence-electron chi connectivity index (χ1n) is 11.4. The summed E-state index contributed by atoms with van der Waals surface area (Å²) in [5.74, 6) is 0.500. The molecule has 0 aliphatic carbocycles. The number of amides is 1. The molecule has 1 amide bonds. The van der Waals surface area contributed by atoms with Gasteiger partial charge in [-0.15, -0.1) is 0 Å². The van der Waals surface area contributed by atoms with Gasteiger partial charge in [-0.2, -0.15) is 13.2 Å². The molecule has 1 fully saturated rings. The van der Waals surface area contributed by atoms with Crippen LogP contribution in [0.25, 0.3) is 22.6 Å². The van der Waals surface area contributed by atoms with Crippen LogP contribution >= 0.6 is 0 Å². The fourth-order valence-corrected chi connectivity index (χ4v) is 4.58. The highest BCUT2D eigenvalue weighted by Crippen LogP contribution is 2.33. The van der Waals surface area contributed by atoms with E-state index >= 15 is 0 Å². The van der Waals surface area contributed by atoms with Crippen molar-refractivity contribution in [2.45, 2.75) is 26.1 Å². The third kappa shape index (κ3) is 4.32. The van der Waals surface area contributed by atoms with Crippen molar-refractivity contribution in [2.24, 2.45) is 0 Å². The van der Waals surface area contributed by atoms with Crippen LogP contribution in [0.3, 0.4) is 0 Å². The average molecular weight is 496 g/mol. The second kappa shape index (κ2) is 8.81. The molecular weight excluding hydrogens is 473 g/mol. The molecule has 3 aromatic heterocycles. The lowest BCUT2D eigenvalue weighted by molar-refractivity contribution is -0.138. The number of fused-ring (bicyclic) bond motifs is 1. The summed E-state index contributed by atoms with van der Waals surface area (Å²) in [7, 11) is 0. The number of aromatic nitrogens is 4. The molecule has 186 valence electrons. The van der Waals surface area contributed by atoms with Crippen LogP contribution in [0.5, 0.6) is 0 Å². The predicted octanol–water partition coefficient (Wildman–Crippen LogP) is 4.26. The first-order chi connectivity index (χ1) is 17.1. The highest BCUT2D eigenvalue weighted by molar-refractivity contribution is 6.10. The average Bonchev–Trinajstić information content (AvgIpc) is 3.49. The molecule has 0 radical (unpaired) electrons. The number of carbonyl (C=O) groups is 2. The van der Waals surface area contributed by atoms with Crippen molar-refractivity contribution in [1.29, 1.82) is 0 Å². The van der Waals surface area contributed by atoms with Crippen LogP contribution < -0.4 is 4.90 Å². The number of benzene rings is 1. The normalized spacial score (nSPS) is 16.5. The number of carbonyl (C=O) groups excluding carboxylic acids is 2. The highest BCUT2D eigenvalue weighted by atomic mass is 19.4. The predicted molar refractivity (Wildman–Crippen MR) is 128 cm³/mol. The number of H-pyrrole nitrogens is 2. The number of ketones is 1. The van der Waals surface area contributed by atoms with Crippen molar-refractivity contribution < 1.29 is 22.8 Å². The Balaban J connectivity index is 1.39. The summed E-state index contributed by atoms with van der Waals surface area (Å²) in [5.41, 5.74) is 0.504. The molecule has 4 heterocycles. The van der Waals surface area contributed by atoms with Crippen LogP contribution in [-0.2, 0) is 11.0 Å². The van der Waals surface area contributed by atoms with Crippen LogP contribution in [0.2, 0.25) is 0 Å². The Kier molecular flexibility index (Phi) is 5.77. The number of anilines is 1. The summed E-state index contributed by atoms with van der Waals surface area (Å²) >= 11 is 0. The zero-order valence-electron chi connectivity index (χ0n) is 19.6. The van der Waals surface area contributed by atoms with Gasteiger partial charge in [0, 0.05) is 56.0 Å². The molecule has 1 aliphatic rings. The molecule has 4 aromatic rings. The molecule has 2 N–H and O–H groups in total.